The van der Waals surface area contributed by atoms with E-state index in [0.29, 0.717) is 36.6 Å². The van der Waals surface area contributed by atoms with Crippen LogP contribution in [0.4, 0.5) is 5.95 Å². The van der Waals surface area contributed by atoms with Gasteiger partial charge in [0, 0.05) is 39.3 Å². The molecule has 1 aromatic carbocycles. The molecule has 2 N–H and O–H groups in total. The zero-order valence-corrected chi connectivity index (χ0v) is 20.5. The molecule has 9 heteroatoms. The van der Waals surface area contributed by atoms with E-state index in [-0.39, 0.29) is 23.8 Å². The molecule has 9 nitrogen and oxygen atoms in total. The van der Waals surface area contributed by atoms with Gasteiger partial charge in [-0.25, -0.2) is 4.79 Å². The molecule has 4 rings (SSSR count). The van der Waals surface area contributed by atoms with Crippen LogP contribution in [0.1, 0.15) is 32.3 Å². The number of hydrogen-bond donors (Lipinski definition) is 1. The molecule has 1 aliphatic heterocycles. The molecule has 0 amide bonds. The Morgan fingerprint density at radius 3 is 2.76 bits per heavy atom. The second-order valence-electron chi connectivity index (χ2n) is 9.22. The molecule has 3 aromatic rings. The monoisotopic (exact) mass is 466 g/mol. The van der Waals surface area contributed by atoms with Gasteiger partial charge in [-0.1, -0.05) is 23.8 Å². The van der Waals surface area contributed by atoms with Crippen LogP contribution >= 0.6 is 0 Å². The van der Waals surface area contributed by atoms with E-state index in [1.807, 2.05) is 42.7 Å². The summed E-state index contributed by atoms with van der Waals surface area (Å²) < 4.78 is 10.0. The van der Waals surface area contributed by atoms with Crippen molar-refractivity contribution < 1.29 is 4.74 Å². The highest BCUT2D eigenvalue weighted by Crippen LogP contribution is 2.23. The van der Waals surface area contributed by atoms with Crippen molar-refractivity contribution in [2.45, 2.75) is 52.2 Å². The normalized spacial score (nSPS) is 16.1. The number of aryl methyl sites for hydroxylation is 2. The number of allylic oxidation sites excluding steroid dienone is 2. The molecule has 182 valence electrons. The molecule has 0 bridgehead atoms. The van der Waals surface area contributed by atoms with Crippen molar-refractivity contribution in [2.75, 3.05) is 25.1 Å². The van der Waals surface area contributed by atoms with Crippen molar-refractivity contribution in [1.82, 2.24) is 18.7 Å². The molecule has 0 aliphatic carbocycles. The highest BCUT2D eigenvalue weighted by Gasteiger charge is 2.26. The van der Waals surface area contributed by atoms with Gasteiger partial charge in [-0.2, -0.15) is 4.98 Å². The molecule has 1 unspecified atom stereocenters. The van der Waals surface area contributed by atoms with Crippen LogP contribution in [0.2, 0.25) is 0 Å². The first-order valence-electron chi connectivity index (χ1n) is 11.8. The number of ether oxygens (including phenoxy) is 1. The summed E-state index contributed by atoms with van der Waals surface area (Å²) in [5.74, 6) is 1.44. The van der Waals surface area contributed by atoms with E-state index in [2.05, 4.69) is 11.0 Å². The third-order valence-corrected chi connectivity index (χ3v) is 6.39. The van der Waals surface area contributed by atoms with Gasteiger partial charge in [0.1, 0.15) is 5.75 Å². The molecule has 34 heavy (non-hydrogen) atoms. The van der Waals surface area contributed by atoms with Gasteiger partial charge in [-0.05, 0) is 50.8 Å². The Morgan fingerprint density at radius 2 is 2.06 bits per heavy atom. The van der Waals surface area contributed by atoms with Crippen LogP contribution in [0.5, 0.6) is 5.75 Å². The molecule has 1 atom stereocenters. The number of anilines is 1. The number of fused-ring (bicyclic) bond motifs is 1. The lowest BCUT2D eigenvalue weighted by atomic mass is 10.1. The average molecular weight is 467 g/mol. The number of hydrogen-bond acceptors (Lipinski definition) is 6. The van der Waals surface area contributed by atoms with Gasteiger partial charge < -0.3 is 19.9 Å². The molecule has 0 spiro atoms. The topological polar surface area (TPSA) is 100 Å². The predicted molar refractivity (Wildman–Crippen MR) is 135 cm³/mol. The van der Waals surface area contributed by atoms with Gasteiger partial charge in [0.05, 0.1) is 7.11 Å². The Bertz CT molecular complexity index is 1330. The smallest absolute Gasteiger partial charge is 0.332 e. The minimum atomic E-state index is -0.367. The maximum atomic E-state index is 13.7. The van der Waals surface area contributed by atoms with Crippen molar-refractivity contribution in [2.24, 2.45) is 12.8 Å². The van der Waals surface area contributed by atoms with Gasteiger partial charge in [-0.3, -0.25) is 13.9 Å². The number of rotatable bonds is 7. The SMILES string of the molecule is COc1cccc(CCn2c(=O)c3c(nc(N4CCCC(N)C4)n3CC=C(C)C)n(C)c2=O)c1. The molecular weight excluding hydrogens is 432 g/mol. The summed E-state index contributed by atoms with van der Waals surface area (Å²) >= 11 is 0. The Labute approximate surface area is 199 Å². The van der Waals surface area contributed by atoms with Crippen LogP contribution in [0.25, 0.3) is 11.2 Å². The molecule has 3 heterocycles. The summed E-state index contributed by atoms with van der Waals surface area (Å²) in [5, 5.41) is 0. The highest BCUT2D eigenvalue weighted by atomic mass is 16.5. The van der Waals surface area contributed by atoms with Crippen LogP contribution in [0, 0.1) is 0 Å². The quantitative estimate of drug-likeness (QED) is 0.535. The lowest BCUT2D eigenvalue weighted by Gasteiger charge is -2.31. The van der Waals surface area contributed by atoms with Crippen LogP contribution in [-0.2, 0) is 26.6 Å². The molecule has 2 aromatic heterocycles. The summed E-state index contributed by atoms with van der Waals surface area (Å²) in [6, 6.07) is 7.73. The lowest BCUT2D eigenvalue weighted by molar-refractivity contribution is 0.414. The minimum Gasteiger partial charge on any atom is -0.497 e. The minimum absolute atomic E-state index is 0.0637. The first-order chi connectivity index (χ1) is 16.3. The first kappa shape index (κ1) is 23.8. The van der Waals surface area contributed by atoms with E-state index in [4.69, 9.17) is 15.5 Å². The number of benzene rings is 1. The van der Waals surface area contributed by atoms with Gasteiger partial charge >= 0.3 is 5.69 Å². The zero-order valence-electron chi connectivity index (χ0n) is 20.5. The lowest BCUT2D eigenvalue weighted by Crippen LogP contribution is -2.44. The summed E-state index contributed by atoms with van der Waals surface area (Å²) in [5.41, 5.74) is 8.54. The van der Waals surface area contributed by atoms with Gasteiger partial charge in [-0.15, -0.1) is 0 Å². The third kappa shape index (κ3) is 4.65. The van der Waals surface area contributed by atoms with E-state index < -0.39 is 0 Å². The average Bonchev–Trinajstić information content (AvgIpc) is 3.21. The van der Waals surface area contributed by atoms with Crippen LogP contribution in [-0.4, -0.2) is 44.9 Å². The fraction of sp³-hybridized carbons (Fsp3) is 0.480. The van der Waals surface area contributed by atoms with Gasteiger partial charge in [0.2, 0.25) is 5.95 Å². The summed E-state index contributed by atoms with van der Waals surface area (Å²) in [7, 11) is 3.30. The number of imidazole rings is 1. The fourth-order valence-electron chi connectivity index (χ4n) is 4.51. The fourth-order valence-corrected chi connectivity index (χ4v) is 4.51. The summed E-state index contributed by atoms with van der Waals surface area (Å²) in [4.78, 5) is 33.8. The largest absolute Gasteiger partial charge is 0.497 e. The number of piperidine rings is 1. The second-order valence-corrected chi connectivity index (χ2v) is 9.22. The molecule has 1 fully saturated rings. The Morgan fingerprint density at radius 1 is 1.26 bits per heavy atom. The molecule has 1 saturated heterocycles. The number of methoxy groups -OCH3 is 1. The Balaban J connectivity index is 1.82. The third-order valence-electron chi connectivity index (χ3n) is 6.39. The number of aromatic nitrogens is 4. The van der Waals surface area contributed by atoms with Crippen molar-refractivity contribution in [3.8, 4) is 5.75 Å². The van der Waals surface area contributed by atoms with Crippen LogP contribution < -0.4 is 26.6 Å². The zero-order chi connectivity index (χ0) is 24.4. The molecule has 0 radical (unpaired) electrons. The van der Waals surface area contributed by atoms with E-state index in [1.54, 1.807) is 14.2 Å². The summed E-state index contributed by atoms with van der Waals surface area (Å²) in [6.07, 6.45) is 4.55. The maximum Gasteiger partial charge on any atom is 0.332 e. The Kier molecular flexibility index (Phi) is 6.92. The van der Waals surface area contributed by atoms with E-state index in [9.17, 15) is 9.59 Å². The van der Waals surface area contributed by atoms with Gasteiger partial charge in [0.25, 0.3) is 5.56 Å². The maximum absolute atomic E-state index is 13.7. The Hall–Kier alpha value is -3.33. The number of nitrogens with two attached hydrogens (primary N) is 1. The second kappa shape index (κ2) is 9.89. The highest BCUT2D eigenvalue weighted by molar-refractivity contribution is 5.74. The van der Waals surface area contributed by atoms with Crippen molar-refractivity contribution in [3.05, 3.63) is 62.3 Å². The predicted octanol–water partition coefficient (Wildman–Crippen LogP) is 2.04. The van der Waals surface area contributed by atoms with Crippen molar-refractivity contribution >= 4 is 17.1 Å². The standard InChI is InChI=1S/C25H34N6O3/c1-17(2)10-13-30-21-22(27-24(30)29-12-6-8-19(26)16-29)28(3)25(33)31(23(21)32)14-11-18-7-5-9-20(15-18)34-4/h5,7,9-10,15,19H,6,8,11-14,16,26H2,1-4H3. The van der Waals surface area contributed by atoms with Crippen LogP contribution in [0.15, 0.2) is 45.5 Å². The van der Waals surface area contributed by atoms with Crippen molar-refractivity contribution in [3.63, 3.8) is 0 Å². The van der Waals surface area contributed by atoms with Gasteiger partial charge in [0.15, 0.2) is 11.2 Å². The summed E-state index contributed by atoms with van der Waals surface area (Å²) in [6.45, 7) is 6.32. The van der Waals surface area contributed by atoms with E-state index in [0.717, 1.165) is 36.3 Å². The molecule has 1 aliphatic rings. The molecular formula is C25H34N6O3. The van der Waals surface area contributed by atoms with E-state index in [1.165, 1.54) is 9.13 Å². The molecule has 0 saturated carbocycles. The van der Waals surface area contributed by atoms with Crippen LogP contribution in [0.3, 0.4) is 0 Å². The number of nitrogens with zero attached hydrogens (tertiary/aromatic N) is 5. The first-order valence-corrected chi connectivity index (χ1v) is 11.8. The van der Waals surface area contributed by atoms with E-state index >= 15 is 0 Å². The van der Waals surface area contributed by atoms with Crippen molar-refractivity contribution in [1.29, 1.82) is 0 Å².